The number of aliphatic hydroxyl groups is 1. The molecule has 0 heterocycles. The highest BCUT2D eigenvalue weighted by atomic mass is 32.2. The fraction of sp³-hybridized carbons (Fsp3) is 0.455. The molecule has 0 aromatic heterocycles. The van der Waals surface area contributed by atoms with Crippen LogP contribution in [-0.2, 0) is 0 Å². The predicted molar refractivity (Wildman–Crippen MR) is 64.3 cm³/mol. The van der Waals surface area contributed by atoms with Gasteiger partial charge < -0.3 is 15.6 Å². The molecule has 3 nitrogen and oxygen atoms in total. The van der Waals surface area contributed by atoms with Crippen molar-refractivity contribution in [3.63, 3.8) is 0 Å². The van der Waals surface area contributed by atoms with Gasteiger partial charge in [-0.15, -0.1) is 0 Å². The lowest BCUT2D eigenvalue weighted by Crippen LogP contribution is -2.14. The van der Waals surface area contributed by atoms with E-state index in [0.29, 0.717) is 11.5 Å². The van der Waals surface area contributed by atoms with Gasteiger partial charge in [0.25, 0.3) is 0 Å². The van der Waals surface area contributed by atoms with E-state index in [1.165, 1.54) is 13.2 Å². The van der Waals surface area contributed by atoms with Gasteiger partial charge in [0.15, 0.2) is 11.6 Å². The molecule has 0 aliphatic carbocycles. The average Bonchev–Trinajstić information content (AvgIpc) is 2.29. The molecule has 1 atom stereocenters. The molecule has 5 heteroatoms. The highest BCUT2D eigenvalue weighted by molar-refractivity contribution is 7.99. The molecule has 0 aliphatic heterocycles. The third-order valence-electron chi connectivity index (χ3n) is 2.14. The van der Waals surface area contributed by atoms with Crippen molar-refractivity contribution in [2.45, 2.75) is 6.04 Å². The zero-order chi connectivity index (χ0) is 12.0. The van der Waals surface area contributed by atoms with Gasteiger partial charge in [-0.25, -0.2) is 4.39 Å². The Morgan fingerprint density at radius 1 is 1.56 bits per heavy atom. The summed E-state index contributed by atoms with van der Waals surface area (Å²) in [5.74, 6) is 1.13. The van der Waals surface area contributed by atoms with E-state index in [-0.39, 0.29) is 18.4 Å². The number of ether oxygens (including phenoxy) is 1. The van der Waals surface area contributed by atoms with Gasteiger partial charge in [-0.1, -0.05) is 6.07 Å². The Morgan fingerprint density at radius 3 is 2.88 bits per heavy atom. The van der Waals surface area contributed by atoms with Gasteiger partial charge in [0.1, 0.15) is 0 Å². The van der Waals surface area contributed by atoms with Gasteiger partial charge in [-0.3, -0.25) is 0 Å². The molecule has 1 unspecified atom stereocenters. The summed E-state index contributed by atoms with van der Waals surface area (Å²) in [4.78, 5) is 0. The number of methoxy groups -OCH3 is 1. The van der Waals surface area contributed by atoms with Crippen molar-refractivity contribution in [1.82, 2.24) is 0 Å². The molecule has 16 heavy (non-hydrogen) atoms. The van der Waals surface area contributed by atoms with E-state index in [1.54, 1.807) is 23.9 Å². The third-order valence-corrected chi connectivity index (χ3v) is 3.20. The molecule has 0 saturated carbocycles. The lowest BCUT2D eigenvalue weighted by molar-refractivity contribution is 0.322. The zero-order valence-electron chi connectivity index (χ0n) is 9.15. The van der Waals surface area contributed by atoms with Crippen molar-refractivity contribution in [2.24, 2.45) is 5.73 Å². The average molecular weight is 245 g/mol. The molecule has 1 rings (SSSR count). The van der Waals surface area contributed by atoms with Crippen molar-refractivity contribution < 1.29 is 14.2 Å². The maximum atomic E-state index is 13.4. The Morgan fingerprint density at radius 2 is 2.31 bits per heavy atom. The molecule has 0 saturated heterocycles. The van der Waals surface area contributed by atoms with Crippen molar-refractivity contribution in [3.8, 4) is 5.75 Å². The Bertz CT molecular complexity index is 336. The molecule has 0 radical (unpaired) electrons. The second-order valence-electron chi connectivity index (χ2n) is 3.30. The van der Waals surface area contributed by atoms with E-state index in [9.17, 15) is 4.39 Å². The quantitative estimate of drug-likeness (QED) is 0.747. The number of benzene rings is 1. The second kappa shape index (κ2) is 6.73. The van der Waals surface area contributed by atoms with Crippen LogP contribution in [0.2, 0.25) is 0 Å². The van der Waals surface area contributed by atoms with Crippen molar-refractivity contribution >= 4 is 11.8 Å². The summed E-state index contributed by atoms with van der Waals surface area (Å²) < 4.78 is 18.2. The first-order chi connectivity index (χ1) is 7.69. The van der Waals surface area contributed by atoms with Crippen LogP contribution in [0.4, 0.5) is 4.39 Å². The normalized spacial score (nSPS) is 12.5. The van der Waals surface area contributed by atoms with Crippen LogP contribution < -0.4 is 10.5 Å². The van der Waals surface area contributed by atoms with E-state index in [2.05, 4.69) is 0 Å². The van der Waals surface area contributed by atoms with Crippen molar-refractivity contribution in [2.75, 3.05) is 25.2 Å². The van der Waals surface area contributed by atoms with Crippen LogP contribution in [-0.4, -0.2) is 30.3 Å². The van der Waals surface area contributed by atoms with Crippen LogP contribution in [0.5, 0.6) is 5.75 Å². The molecule has 0 fully saturated rings. The minimum Gasteiger partial charge on any atom is -0.494 e. The summed E-state index contributed by atoms with van der Waals surface area (Å²) in [5.41, 5.74) is 6.63. The van der Waals surface area contributed by atoms with E-state index in [4.69, 9.17) is 15.6 Å². The number of halogens is 1. The molecular formula is C11H16FNO2S. The topological polar surface area (TPSA) is 55.5 Å². The molecule has 1 aromatic carbocycles. The first-order valence-corrected chi connectivity index (χ1v) is 6.12. The van der Waals surface area contributed by atoms with Crippen molar-refractivity contribution in [1.29, 1.82) is 0 Å². The van der Waals surface area contributed by atoms with Gasteiger partial charge >= 0.3 is 0 Å². The number of aliphatic hydroxyl groups excluding tert-OH is 1. The Hall–Kier alpha value is -0.780. The maximum Gasteiger partial charge on any atom is 0.165 e. The fourth-order valence-electron chi connectivity index (χ4n) is 1.28. The molecule has 3 N–H and O–H groups in total. The summed E-state index contributed by atoms with van der Waals surface area (Å²) >= 11 is 1.54. The lowest BCUT2D eigenvalue weighted by atomic mass is 10.1. The molecule has 1 aromatic rings. The van der Waals surface area contributed by atoms with Crippen LogP contribution in [0.1, 0.15) is 11.6 Å². The zero-order valence-corrected chi connectivity index (χ0v) is 9.97. The predicted octanol–water partition coefficient (Wildman–Crippen LogP) is 1.56. The Balaban J connectivity index is 2.62. The molecule has 0 bridgehead atoms. The number of hydrogen-bond donors (Lipinski definition) is 2. The van der Waals surface area contributed by atoms with E-state index in [0.717, 1.165) is 5.56 Å². The summed E-state index contributed by atoms with van der Waals surface area (Å²) in [6.45, 7) is 0.133. The van der Waals surface area contributed by atoms with Gasteiger partial charge in [0.2, 0.25) is 0 Å². The molecule has 0 amide bonds. The SMILES string of the molecule is COc1ccc(C(N)CSCCO)cc1F. The molecule has 0 spiro atoms. The van der Waals surface area contributed by atoms with Gasteiger partial charge in [0, 0.05) is 17.5 Å². The summed E-state index contributed by atoms with van der Waals surface area (Å²) in [6.07, 6.45) is 0. The molecule has 0 aliphatic rings. The minimum absolute atomic E-state index is 0.133. The van der Waals surface area contributed by atoms with E-state index >= 15 is 0 Å². The smallest absolute Gasteiger partial charge is 0.165 e. The minimum atomic E-state index is -0.400. The molecular weight excluding hydrogens is 229 g/mol. The Kier molecular flexibility index (Phi) is 5.59. The number of nitrogens with two attached hydrogens (primary N) is 1. The number of hydrogen-bond acceptors (Lipinski definition) is 4. The van der Waals surface area contributed by atoms with E-state index < -0.39 is 5.82 Å². The van der Waals surface area contributed by atoms with Gasteiger partial charge in [-0.05, 0) is 17.7 Å². The van der Waals surface area contributed by atoms with Crippen LogP contribution >= 0.6 is 11.8 Å². The van der Waals surface area contributed by atoms with E-state index in [1.807, 2.05) is 0 Å². The number of thioether (sulfide) groups is 1. The summed E-state index contributed by atoms with van der Waals surface area (Å²) in [6, 6.07) is 4.49. The van der Waals surface area contributed by atoms with Crippen LogP contribution in [0, 0.1) is 5.82 Å². The van der Waals surface area contributed by atoms with Crippen molar-refractivity contribution in [3.05, 3.63) is 29.6 Å². The highest BCUT2D eigenvalue weighted by Gasteiger charge is 2.09. The molecule has 90 valence electrons. The lowest BCUT2D eigenvalue weighted by Gasteiger charge is -2.12. The van der Waals surface area contributed by atoms with Crippen LogP contribution in [0.25, 0.3) is 0 Å². The Labute approximate surface area is 98.8 Å². The highest BCUT2D eigenvalue weighted by Crippen LogP contribution is 2.22. The van der Waals surface area contributed by atoms with Crippen LogP contribution in [0.3, 0.4) is 0 Å². The van der Waals surface area contributed by atoms with Gasteiger partial charge in [-0.2, -0.15) is 11.8 Å². The maximum absolute atomic E-state index is 13.4. The standard InChI is InChI=1S/C11H16FNO2S/c1-15-11-3-2-8(6-9(11)12)10(13)7-16-5-4-14/h2-3,6,10,14H,4-5,7,13H2,1H3. The van der Waals surface area contributed by atoms with Gasteiger partial charge in [0.05, 0.1) is 13.7 Å². The largest absolute Gasteiger partial charge is 0.494 e. The fourth-order valence-corrected chi connectivity index (χ4v) is 2.03. The first kappa shape index (κ1) is 13.3. The summed E-state index contributed by atoms with van der Waals surface area (Å²) in [7, 11) is 1.43. The second-order valence-corrected chi connectivity index (χ2v) is 4.45. The summed E-state index contributed by atoms with van der Waals surface area (Å²) in [5, 5.41) is 8.62. The number of rotatable bonds is 6. The first-order valence-electron chi connectivity index (χ1n) is 4.96. The monoisotopic (exact) mass is 245 g/mol. The van der Waals surface area contributed by atoms with Crippen LogP contribution in [0.15, 0.2) is 18.2 Å². The third kappa shape index (κ3) is 3.66.